The molecule has 0 unspecified atom stereocenters. The molecule has 0 saturated carbocycles. The van der Waals surface area contributed by atoms with E-state index in [-0.39, 0.29) is 5.91 Å². The van der Waals surface area contributed by atoms with Crippen LogP contribution >= 0.6 is 12.2 Å². The van der Waals surface area contributed by atoms with E-state index < -0.39 is 0 Å². The summed E-state index contributed by atoms with van der Waals surface area (Å²) in [5.41, 5.74) is 8.01. The van der Waals surface area contributed by atoms with E-state index in [4.69, 9.17) is 18.0 Å². The number of aromatic nitrogens is 1. The predicted molar refractivity (Wildman–Crippen MR) is 82.6 cm³/mol. The van der Waals surface area contributed by atoms with Crippen LogP contribution < -0.4 is 11.1 Å². The summed E-state index contributed by atoms with van der Waals surface area (Å²) >= 11 is 4.87. The van der Waals surface area contributed by atoms with Gasteiger partial charge in [0.25, 0.3) is 5.91 Å². The van der Waals surface area contributed by atoms with Crippen LogP contribution in [0.1, 0.15) is 21.5 Å². The molecule has 4 nitrogen and oxygen atoms in total. The molecule has 102 valence electrons. The average molecular weight is 285 g/mol. The van der Waals surface area contributed by atoms with Crippen molar-refractivity contribution in [2.75, 3.05) is 6.54 Å². The second-order valence-electron chi connectivity index (χ2n) is 4.30. The molecule has 2 aromatic rings. The largest absolute Gasteiger partial charge is 0.389 e. The lowest BCUT2D eigenvalue weighted by Gasteiger charge is -2.06. The SMILES string of the molecule is NC(=S)c1ccc(C(=O)NCCc2ccncc2)cc1. The van der Waals surface area contributed by atoms with Gasteiger partial charge < -0.3 is 11.1 Å². The molecule has 0 spiro atoms. The van der Waals surface area contributed by atoms with E-state index >= 15 is 0 Å². The van der Waals surface area contributed by atoms with Crippen LogP contribution in [0.2, 0.25) is 0 Å². The molecule has 1 aromatic heterocycles. The molecule has 0 atom stereocenters. The highest BCUT2D eigenvalue weighted by molar-refractivity contribution is 7.80. The van der Waals surface area contributed by atoms with Gasteiger partial charge in [-0.2, -0.15) is 0 Å². The summed E-state index contributed by atoms with van der Waals surface area (Å²) in [7, 11) is 0. The van der Waals surface area contributed by atoms with Gasteiger partial charge in [-0.05, 0) is 36.2 Å². The fourth-order valence-electron chi connectivity index (χ4n) is 1.76. The van der Waals surface area contributed by atoms with Crippen molar-refractivity contribution in [1.82, 2.24) is 10.3 Å². The van der Waals surface area contributed by atoms with Crippen LogP contribution in [0.3, 0.4) is 0 Å². The predicted octanol–water partition coefficient (Wildman–Crippen LogP) is 1.69. The molecule has 0 fully saturated rings. The van der Waals surface area contributed by atoms with Crippen molar-refractivity contribution in [3.63, 3.8) is 0 Å². The Morgan fingerprint density at radius 1 is 1.10 bits per heavy atom. The number of hydrogen-bond acceptors (Lipinski definition) is 3. The summed E-state index contributed by atoms with van der Waals surface area (Å²) in [6.07, 6.45) is 4.26. The van der Waals surface area contributed by atoms with Gasteiger partial charge in [0.1, 0.15) is 4.99 Å². The van der Waals surface area contributed by atoms with Crippen molar-refractivity contribution in [2.24, 2.45) is 5.73 Å². The highest BCUT2D eigenvalue weighted by atomic mass is 32.1. The third kappa shape index (κ3) is 3.86. The smallest absolute Gasteiger partial charge is 0.251 e. The number of carbonyl (C=O) groups excluding carboxylic acids is 1. The number of thiocarbonyl (C=S) groups is 1. The van der Waals surface area contributed by atoms with E-state index in [1.54, 1.807) is 36.7 Å². The zero-order chi connectivity index (χ0) is 14.4. The second-order valence-corrected chi connectivity index (χ2v) is 4.74. The van der Waals surface area contributed by atoms with Crippen molar-refractivity contribution in [1.29, 1.82) is 0 Å². The molecule has 1 heterocycles. The first-order valence-electron chi connectivity index (χ1n) is 6.24. The molecular weight excluding hydrogens is 270 g/mol. The second kappa shape index (κ2) is 6.77. The van der Waals surface area contributed by atoms with E-state index in [0.29, 0.717) is 17.1 Å². The standard InChI is InChI=1S/C15H15N3OS/c16-14(20)12-1-3-13(4-2-12)15(19)18-10-7-11-5-8-17-9-6-11/h1-6,8-9H,7,10H2,(H2,16,20)(H,18,19). The first kappa shape index (κ1) is 14.1. The number of amides is 1. The van der Waals surface area contributed by atoms with E-state index in [0.717, 1.165) is 17.5 Å². The Morgan fingerprint density at radius 2 is 1.70 bits per heavy atom. The minimum absolute atomic E-state index is 0.103. The quantitative estimate of drug-likeness (QED) is 0.820. The summed E-state index contributed by atoms with van der Waals surface area (Å²) in [6.45, 7) is 0.583. The maximum Gasteiger partial charge on any atom is 0.251 e. The van der Waals surface area contributed by atoms with E-state index in [1.165, 1.54) is 0 Å². The molecule has 0 radical (unpaired) electrons. The van der Waals surface area contributed by atoms with Gasteiger partial charge in [0.15, 0.2) is 0 Å². The van der Waals surface area contributed by atoms with Crippen LogP contribution in [-0.2, 0) is 6.42 Å². The number of nitrogens with one attached hydrogen (secondary N) is 1. The van der Waals surface area contributed by atoms with Gasteiger partial charge in [0.05, 0.1) is 0 Å². The van der Waals surface area contributed by atoms with Crippen LogP contribution in [0.5, 0.6) is 0 Å². The first-order valence-corrected chi connectivity index (χ1v) is 6.64. The van der Waals surface area contributed by atoms with Gasteiger partial charge in [0.2, 0.25) is 0 Å². The Kier molecular flexibility index (Phi) is 4.79. The normalized spacial score (nSPS) is 10.0. The molecule has 1 aromatic carbocycles. The summed E-state index contributed by atoms with van der Waals surface area (Å²) in [6, 6.07) is 10.8. The first-order chi connectivity index (χ1) is 9.66. The summed E-state index contributed by atoms with van der Waals surface area (Å²) in [4.78, 5) is 16.2. The van der Waals surface area contributed by atoms with Gasteiger partial charge >= 0.3 is 0 Å². The minimum atomic E-state index is -0.103. The molecule has 0 aliphatic carbocycles. The van der Waals surface area contributed by atoms with Crippen LogP contribution in [-0.4, -0.2) is 22.4 Å². The molecule has 0 bridgehead atoms. The Morgan fingerprint density at radius 3 is 2.30 bits per heavy atom. The summed E-state index contributed by atoms with van der Waals surface area (Å²) in [5, 5.41) is 2.87. The molecule has 0 aliphatic heterocycles. The lowest BCUT2D eigenvalue weighted by Crippen LogP contribution is -2.25. The third-order valence-electron chi connectivity index (χ3n) is 2.88. The zero-order valence-electron chi connectivity index (χ0n) is 10.9. The number of benzene rings is 1. The number of pyridine rings is 1. The van der Waals surface area contributed by atoms with Crippen molar-refractivity contribution >= 4 is 23.1 Å². The maximum absolute atomic E-state index is 11.9. The van der Waals surface area contributed by atoms with E-state index in [1.807, 2.05) is 12.1 Å². The Labute approximate surface area is 123 Å². The van der Waals surface area contributed by atoms with Gasteiger partial charge in [0, 0.05) is 30.1 Å². The van der Waals surface area contributed by atoms with Gasteiger partial charge in [-0.15, -0.1) is 0 Å². The van der Waals surface area contributed by atoms with Gasteiger partial charge in [-0.3, -0.25) is 9.78 Å². The maximum atomic E-state index is 11.9. The summed E-state index contributed by atoms with van der Waals surface area (Å²) < 4.78 is 0. The van der Waals surface area contributed by atoms with Crippen molar-refractivity contribution < 1.29 is 4.79 Å². The Balaban J connectivity index is 1.87. The van der Waals surface area contributed by atoms with Gasteiger partial charge in [-0.25, -0.2) is 0 Å². The van der Waals surface area contributed by atoms with Gasteiger partial charge in [-0.1, -0.05) is 24.4 Å². The van der Waals surface area contributed by atoms with Crippen molar-refractivity contribution in [3.05, 3.63) is 65.5 Å². The molecule has 0 aliphatic rings. The zero-order valence-corrected chi connectivity index (χ0v) is 11.7. The topological polar surface area (TPSA) is 68.0 Å². The van der Waals surface area contributed by atoms with Crippen molar-refractivity contribution in [2.45, 2.75) is 6.42 Å². The third-order valence-corrected chi connectivity index (χ3v) is 3.12. The number of nitrogens with zero attached hydrogens (tertiary/aromatic N) is 1. The van der Waals surface area contributed by atoms with Crippen LogP contribution in [0.25, 0.3) is 0 Å². The Hall–Kier alpha value is -2.27. The van der Waals surface area contributed by atoms with Crippen molar-refractivity contribution in [3.8, 4) is 0 Å². The molecule has 1 amide bonds. The number of carbonyl (C=O) groups is 1. The van der Waals surface area contributed by atoms with Crippen LogP contribution in [0, 0.1) is 0 Å². The number of nitrogens with two attached hydrogens (primary N) is 1. The van der Waals surface area contributed by atoms with Crippen LogP contribution in [0.15, 0.2) is 48.8 Å². The lowest BCUT2D eigenvalue weighted by molar-refractivity contribution is 0.0954. The fraction of sp³-hybridized carbons (Fsp3) is 0.133. The molecule has 3 N–H and O–H groups in total. The monoisotopic (exact) mass is 285 g/mol. The van der Waals surface area contributed by atoms with E-state index in [2.05, 4.69) is 10.3 Å². The Bertz CT molecular complexity index is 596. The fourth-order valence-corrected chi connectivity index (χ4v) is 1.89. The molecule has 2 rings (SSSR count). The minimum Gasteiger partial charge on any atom is -0.389 e. The number of rotatable bonds is 5. The average Bonchev–Trinajstić information content (AvgIpc) is 2.48. The number of hydrogen-bond donors (Lipinski definition) is 2. The molecular formula is C15H15N3OS. The molecule has 0 saturated heterocycles. The highest BCUT2D eigenvalue weighted by Crippen LogP contribution is 2.04. The van der Waals surface area contributed by atoms with E-state index in [9.17, 15) is 4.79 Å². The molecule has 5 heteroatoms. The van der Waals surface area contributed by atoms with Crippen LogP contribution in [0.4, 0.5) is 0 Å². The molecule has 20 heavy (non-hydrogen) atoms. The highest BCUT2D eigenvalue weighted by Gasteiger charge is 2.05. The lowest BCUT2D eigenvalue weighted by atomic mass is 10.1. The summed E-state index contributed by atoms with van der Waals surface area (Å²) in [5.74, 6) is -0.103.